The van der Waals surface area contributed by atoms with E-state index in [9.17, 15) is 13.2 Å². The van der Waals surface area contributed by atoms with Crippen LogP contribution in [0, 0.1) is 0 Å². The molecule has 0 amide bonds. The first-order valence-corrected chi connectivity index (χ1v) is 9.13. The van der Waals surface area contributed by atoms with Crippen LogP contribution in [-0.4, -0.2) is 31.6 Å². The summed E-state index contributed by atoms with van der Waals surface area (Å²) in [5.41, 5.74) is 0.740. The first-order valence-electron chi connectivity index (χ1n) is 7.69. The maximum absolute atomic E-state index is 12.8. The number of piperidine rings is 1. The third-order valence-corrected chi connectivity index (χ3v) is 6.26. The van der Waals surface area contributed by atoms with Gasteiger partial charge in [0.25, 0.3) is 0 Å². The van der Waals surface area contributed by atoms with E-state index in [-0.39, 0.29) is 16.7 Å². The number of hydrogen-bond acceptors (Lipinski definition) is 4. The van der Waals surface area contributed by atoms with Gasteiger partial charge in [-0.3, -0.25) is 4.79 Å². The predicted octanol–water partition coefficient (Wildman–Crippen LogP) is 3.32. The zero-order valence-electron chi connectivity index (χ0n) is 12.9. The molecule has 1 atom stereocenters. The van der Waals surface area contributed by atoms with Crippen LogP contribution in [0.15, 0.2) is 45.7 Å². The summed E-state index contributed by atoms with van der Waals surface area (Å²) in [4.78, 5) is 11.0. The minimum atomic E-state index is -3.46. The Morgan fingerprint density at radius 2 is 1.87 bits per heavy atom. The van der Waals surface area contributed by atoms with E-state index in [4.69, 9.17) is 4.42 Å². The minimum Gasteiger partial charge on any atom is -0.453 e. The smallest absolute Gasteiger partial charge is 0.243 e. The maximum atomic E-state index is 12.8. The Balaban J connectivity index is 1.87. The lowest BCUT2D eigenvalue weighted by molar-refractivity contribution is 0.110. The van der Waals surface area contributed by atoms with E-state index < -0.39 is 10.0 Å². The van der Waals surface area contributed by atoms with Crippen molar-refractivity contribution < 1.29 is 17.6 Å². The number of benzene rings is 1. The molecular formula is C17H19NO4S. The highest BCUT2D eigenvalue weighted by atomic mass is 32.2. The zero-order valence-corrected chi connectivity index (χ0v) is 13.8. The Labute approximate surface area is 136 Å². The monoisotopic (exact) mass is 333 g/mol. The van der Waals surface area contributed by atoms with Gasteiger partial charge < -0.3 is 4.42 Å². The van der Waals surface area contributed by atoms with Gasteiger partial charge in [-0.1, -0.05) is 6.42 Å². The van der Waals surface area contributed by atoms with Gasteiger partial charge in [-0.05, 0) is 56.2 Å². The summed E-state index contributed by atoms with van der Waals surface area (Å²) in [5, 5.41) is 0. The molecule has 6 heteroatoms. The van der Waals surface area contributed by atoms with Gasteiger partial charge >= 0.3 is 0 Å². The average Bonchev–Trinajstić information content (AvgIpc) is 3.04. The summed E-state index contributed by atoms with van der Waals surface area (Å²) < 4.78 is 32.4. The Bertz CT molecular complexity index is 792. The number of sulfonamides is 1. The van der Waals surface area contributed by atoms with E-state index in [1.165, 1.54) is 0 Å². The molecule has 1 saturated heterocycles. The number of carbonyl (C=O) groups is 1. The molecule has 0 spiro atoms. The fourth-order valence-electron chi connectivity index (χ4n) is 2.93. The molecule has 2 heterocycles. The number of aldehydes is 1. The van der Waals surface area contributed by atoms with Gasteiger partial charge in [0.05, 0.1) is 4.90 Å². The normalized spacial score (nSPS) is 19.6. The van der Waals surface area contributed by atoms with E-state index in [0.717, 1.165) is 24.8 Å². The first-order chi connectivity index (χ1) is 11.0. The molecule has 0 saturated carbocycles. The van der Waals surface area contributed by atoms with Crippen molar-refractivity contribution in [2.75, 3.05) is 6.54 Å². The lowest BCUT2D eigenvalue weighted by atomic mass is 10.1. The second-order valence-corrected chi connectivity index (χ2v) is 7.70. The van der Waals surface area contributed by atoms with Crippen LogP contribution in [0.2, 0.25) is 0 Å². The van der Waals surface area contributed by atoms with E-state index in [2.05, 4.69) is 0 Å². The van der Waals surface area contributed by atoms with Crippen LogP contribution >= 0.6 is 0 Å². The van der Waals surface area contributed by atoms with Crippen molar-refractivity contribution in [1.29, 1.82) is 0 Å². The van der Waals surface area contributed by atoms with Crippen LogP contribution in [-0.2, 0) is 10.0 Å². The summed E-state index contributed by atoms with van der Waals surface area (Å²) in [6, 6.07) is 9.91. The van der Waals surface area contributed by atoms with Crippen molar-refractivity contribution in [3.05, 3.63) is 42.2 Å². The van der Waals surface area contributed by atoms with Crippen LogP contribution in [0.3, 0.4) is 0 Å². The standard InChI is InChI=1S/C17H19NO4S/c1-13-4-2-3-11-18(13)23(20,21)16-8-5-14(6-9-16)17-10-7-15(12-19)22-17/h5-10,12-13H,2-4,11H2,1H3. The largest absolute Gasteiger partial charge is 0.453 e. The molecule has 3 rings (SSSR count). The van der Waals surface area contributed by atoms with Crippen molar-refractivity contribution in [2.45, 2.75) is 37.1 Å². The highest BCUT2D eigenvalue weighted by molar-refractivity contribution is 7.89. The van der Waals surface area contributed by atoms with Gasteiger partial charge in [-0.15, -0.1) is 0 Å². The van der Waals surface area contributed by atoms with E-state index in [1.807, 2.05) is 6.92 Å². The summed E-state index contributed by atoms with van der Waals surface area (Å²) >= 11 is 0. The molecule has 122 valence electrons. The van der Waals surface area contributed by atoms with Crippen molar-refractivity contribution in [3.63, 3.8) is 0 Å². The Morgan fingerprint density at radius 3 is 2.48 bits per heavy atom. The second-order valence-electron chi connectivity index (χ2n) is 5.80. The molecular weight excluding hydrogens is 314 g/mol. The number of nitrogens with zero attached hydrogens (tertiary/aromatic N) is 1. The fourth-order valence-corrected chi connectivity index (χ4v) is 4.63. The molecule has 0 N–H and O–H groups in total. The molecule has 23 heavy (non-hydrogen) atoms. The lowest BCUT2D eigenvalue weighted by Gasteiger charge is -2.32. The molecule has 1 aromatic carbocycles. The molecule has 1 aliphatic rings. The molecule has 0 radical (unpaired) electrons. The van der Waals surface area contributed by atoms with Crippen LogP contribution < -0.4 is 0 Å². The molecule has 1 unspecified atom stereocenters. The third kappa shape index (κ3) is 3.09. The maximum Gasteiger partial charge on any atom is 0.243 e. The summed E-state index contributed by atoms with van der Waals surface area (Å²) in [6.07, 6.45) is 3.52. The molecule has 0 aliphatic carbocycles. The second kappa shape index (κ2) is 6.29. The van der Waals surface area contributed by atoms with Gasteiger partial charge in [0, 0.05) is 18.2 Å². The summed E-state index contributed by atoms with van der Waals surface area (Å²) in [7, 11) is -3.46. The predicted molar refractivity (Wildman–Crippen MR) is 86.7 cm³/mol. The average molecular weight is 333 g/mol. The molecule has 1 aliphatic heterocycles. The molecule has 5 nitrogen and oxygen atoms in total. The fraction of sp³-hybridized carbons (Fsp3) is 0.353. The summed E-state index contributed by atoms with van der Waals surface area (Å²) in [6.45, 7) is 2.53. The molecule has 1 aromatic heterocycles. The molecule has 0 bridgehead atoms. The quantitative estimate of drug-likeness (QED) is 0.805. The van der Waals surface area contributed by atoms with Gasteiger partial charge in [-0.25, -0.2) is 8.42 Å². The van der Waals surface area contributed by atoms with Crippen molar-refractivity contribution in [1.82, 2.24) is 4.31 Å². The van der Waals surface area contributed by atoms with Crippen molar-refractivity contribution in [3.8, 4) is 11.3 Å². The third-order valence-electron chi connectivity index (χ3n) is 4.23. The Kier molecular flexibility index (Phi) is 4.37. The van der Waals surface area contributed by atoms with Gasteiger partial charge in [0.2, 0.25) is 10.0 Å². The minimum absolute atomic E-state index is 0.0358. The van der Waals surface area contributed by atoms with Crippen molar-refractivity contribution >= 4 is 16.3 Å². The van der Waals surface area contributed by atoms with Gasteiger partial charge in [0.1, 0.15) is 5.76 Å². The Morgan fingerprint density at radius 1 is 1.13 bits per heavy atom. The van der Waals surface area contributed by atoms with E-state index >= 15 is 0 Å². The van der Waals surface area contributed by atoms with E-state index in [0.29, 0.717) is 18.6 Å². The molecule has 1 fully saturated rings. The van der Waals surface area contributed by atoms with Crippen LogP contribution in [0.25, 0.3) is 11.3 Å². The highest BCUT2D eigenvalue weighted by Crippen LogP contribution is 2.27. The van der Waals surface area contributed by atoms with Crippen LogP contribution in [0.5, 0.6) is 0 Å². The zero-order chi connectivity index (χ0) is 16.4. The SMILES string of the molecule is CC1CCCCN1S(=O)(=O)c1ccc(-c2ccc(C=O)o2)cc1. The van der Waals surface area contributed by atoms with Gasteiger partial charge in [0.15, 0.2) is 12.0 Å². The number of carbonyl (C=O) groups excluding carboxylic acids is 1. The first kappa shape index (κ1) is 16.0. The summed E-state index contributed by atoms with van der Waals surface area (Å²) in [5.74, 6) is 0.793. The van der Waals surface area contributed by atoms with Crippen LogP contribution in [0.1, 0.15) is 36.7 Å². The molecule has 2 aromatic rings. The topological polar surface area (TPSA) is 67.6 Å². The number of furan rings is 1. The number of hydrogen-bond donors (Lipinski definition) is 0. The number of rotatable bonds is 4. The van der Waals surface area contributed by atoms with Crippen molar-refractivity contribution in [2.24, 2.45) is 0 Å². The Hall–Kier alpha value is -1.92. The van der Waals surface area contributed by atoms with Crippen LogP contribution in [0.4, 0.5) is 0 Å². The van der Waals surface area contributed by atoms with Gasteiger partial charge in [-0.2, -0.15) is 4.31 Å². The van der Waals surface area contributed by atoms with E-state index in [1.54, 1.807) is 40.7 Å². The lowest BCUT2D eigenvalue weighted by Crippen LogP contribution is -2.41. The highest BCUT2D eigenvalue weighted by Gasteiger charge is 2.30.